The minimum absolute atomic E-state index is 0.132. The molecule has 0 aromatic heterocycles. The van der Waals surface area contributed by atoms with E-state index in [0.717, 1.165) is 30.4 Å². The predicted molar refractivity (Wildman–Crippen MR) is 89.1 cm³/mol. The van der Waals surface area contributed by atoms with E-state index < -0.39 is 0 Å². The topological polar surface area (TPSA) is 66.5 Å². The number of imide groups is 1. The third-order valence-corrected chi connectivity index (χ3v) is 6.11. The van der Waals surface area contributed by atoms with E-state index in [1.165, 1.54) is 4.90 Å². The van der Waals surface area contributed by atoms with Crippen LogP contribution in [0.3, 0.4) is 0 Å². The SMILES string of the molecule is Cc1ccc(NC(=O)CN2C(=O)[C@@H]3[C@H]4CC[C@@H](C4)[C@@H]3C2=O)cc1C. The summed E-state index contributed by atoms with van der Waals surface area (Å²) in [5.41, 5.74) is 2.94. The van der Waals surface area contributed by atoms with Crippen molar-refractivity contribution in [2.75, 3.05) is 11.9 Å². The number of fused-ring (bicyclic) bond motifs is 5. The molecule has 1 aliphatic heterocycles. The van der Waals surface area contributed by atoms with Crippen molar-refractivity contribution in [3.8, 4) is 0 Å². The van der Waals surface area contributed by atoms with Crippen LogP contribution in [0.1, 0.15) is 30.4 Å². The Labute approximate surface area is 141 Å². The first kappa shape index (κ1) is 15.4. The highest BCUT2D eigenvalue weighted by molar-refractivity contribution is 6.09. The molecular formula is C19H22N2O3. The molecular weight excluding hydrogens is 304 g/mol. The van der Waals surface area contributed by atoms with Crippen molar-refractivity contribution in [3.05, 3.63) is 29.3 Å². The fraction of sp³-hybridized carbons (Fsp3) is 0.526. The quantitative estimate of drug-likeness (QED) is 0.867. The van der Waals surface area contributed by atoms with Crippen LogP contribution in [-0.2, 0) is 14.4 Å². The van der Waals surface area contributed by atoms with E-state index in [2.05, 4.69) is 5.32 Å². The summed E-state index contributed by atoms with van der Waals surface area (Å²) in [5.74, 6) is -0.197. The highest BCUT2D eigenvalue weighted by Crippen LogP contribution is 2.56. The monoisotopic (exact) mass is 326 g/mol. The number of amides is 3. The van der Waals surface area contributed by atoms with Gasteiger partial charge in [-0.1, -0.05) is 6.07 Å². The highest BCUT2D eigenvalue weighted by atomic mass is 16.2. The molecule has 1 N–H and O–H groups in total. The van der Waals surface area contributed by atoms with E-state index in [-0.39, 0.29) is 36.1 Å². The Morgan fingerprint density at radius 3 is 2.29 bits per heavy atom. The molecule has 1 aromatic rings. The van der Waals surface area contributed by atoms with Crippen molar-refractivity contribution in [3.63, 3.8) is 0 Å². The molecule has 0 radical (unpaired) electrons. The molecule has 1 heterocycles. The molecule has 2 bridgehead atoms. The van der Waals surface area contributed by atoms with Crippen molar-refractivity contribution in [1.29, 1.82) is 0 Å². The molecule has 5 heteroatoms. The lowest BCUT2D eigenvalue weighted by Crippen LogP contribution is -2.39. The summed E-state index contributed by atoms with van der Waals surface area (Å²) in [6, 6.07) is 5.68. The zero-order valence-corrected chi connectivity index (χ0v) is 14.0. The second-order valence-electron chi connectivity index (χ2n) is 7.49. The fourth-order valence-corrected chi connectivity index (χ4v) is 4.79. The molecule has 24 heavy (non-hydrogen) atoms. The minimum Gasteiger partial charge on any atom is -0.325 e. The van der Waals surface area contributed by atoms with Gasteiger partial charge in [0.05, 0.1) is 11.8 Å². The van der Waals surface area contributed by atoms with E-state index in [4.69, 9.17) is 0 Å². The molecule has 4 rings (SSSR count). The van der Waals surface area contributed by atoms with Gasteiger partial charge in [0, 0.05) is 5.69 Å². The van der Waals surface area contributed by atoms with Crippen LogP contribution >= 0.6 is 0 Å². The Morgan fingerprint density at radius 2 is 1.71 bits per heavy atom. The van der Waals surface area contributed by atoms with Crippen LogP contribution in [0.4, 0.5) is 5.69 Å². The first-order valence-electron chi connectivity index (χ1n) is 8.68. The van der Waals surface area contributed by atoms with Gasteiger partial charge in [0.15, 0.2) is 0 Å². The van der Waals surface area contributed by atoms with Crippen molar-refractivity contribution in [2.24, 2.45) is 23.7 Å². The zero-order chi connectivity index (χ0) is 17.0. The van der Waals surface area contributed by atoms with E-state index in [9.17, 15) is 14.4 Å². The predicted octanol–water partition coefficient (Wildman–Crippen LogP) is 2.27. The third kappa shape index (κ3) is 2.26. The molecule has 2 saturated carbocycles. The Kier molecular flexibility index (Phi) is 3.48. The lowest BCUT2D eigenvalue weighted by molar-refractivity contribution is -0.143. The molecule has 4 atom stereocenters. The Morgan fingerprint density at radius 1 is 1.08 bits per heavy atom. The third-order valence-electron chi connectivity index (χ3n) is 6.11. The average Bonchev–Trinajstić information content (AvgIpc) is 3.21. The van der Waals surface area contributed by atoms with Gasteiger partial charge in [0.1, 0.15) is 6.54 Å². The molecule has 126 valence electrons. The maximum atomic E-state index is 12.6. The second-order valence-corrected chi connectivity index (χ2v) is 7.49. The Hall–Kier alpha value is -2.17. The van der Waals surface area contributed by atoms with Crippen LogP contribution in [0.2, 0.25) is 0 Å². The number of anilines is 1. The minimum atomic E-state index is -0.313. The van der Waals surface area contributed by atoms with Crippen LogP contribution in [-0.4, -0.2) is 29.2 Å². The number of benzene rings is 1. The second kappa shape index (κ2) is 5.43. The van der Waals surface area contributed by atoms with Gasteiger partial charge in [0.25, 0.3) is 0 Å². The summed E-state index contributed by atoms with van der Waals surface area (Å²) in [6.45, 7) is 3.82. The average molecular weight is 326 g/mol. The van der Waals surface area contributed by atoms with E-state index in [0.29, 0.717) is 17.5 Å². The number of hydrogen-bond acceptors (Lipinski definition) is 3. The summed E-state index contributed by atoms with van der Waals surface area (Å²) in [6.07, 6.45) is 3.11. The smallest absolute Gasteiger partial charge is 0.244 e. The largest absolute Gasteiger partial charge is 0.325 e. The van der Waals surface area contributed by atoms with Gasteiger partial charge < -0.3 is 5.32 Å². The first-order valence-corrected chi connectivity index (χ1v) is 8.68. The Balaban J connectivity index is 1.45. The van der Waals surface area contributed by atoms with Gasteiger partial charge in [-0.2, -0.15) is 0 Å². The van der Waals surface area contributed by atoms with Gasteiger partial charge in [0.2, 0.25) is 17.7 Å². The normalized spacial score (nSPS) is 30.8. The molecule has 0 unspecified atom stereocenters. The van der Waals surface area contributed by atoms with Crippen LogP contribution in [0.5, 0.6) is 0 Å². The summed E-state index contributed by atoms with van der Waals surface area (Å²) >= 11 is 0. The molecule has 1 aromatic carbocycles. The van der Waals surface area contributed by atoms with Crippen molar-refractivity contribution in [1.82, 2.24) is 4.90 Å². The number of aryl methyl sites for hydroxylation is 2. The summed E-state index contributed by atoms with van der Waals surface area (Å²) in [7, 11) is 0. The van der Waals surface area contributed by atoms with E-state index in [1.807, 2.05) is 32.0 Å². The Bertz CT molecular complexity index is 714. The van der Waals surface area contributed by atoms with Crippen LogP contribution in [0.25, 0.3) is 0 Å². The number of nitrogens with zero attached hydrogens (tertiary/aromatic N) is 1. The zero-order valence-electron chi connectivity index (χ0n) is 14.0. The van der Waals surface area contributed by atoms with E-state index in [1.54, 1.807) is 0 Å². The van der Waals surface area contributed by atoms with Gasteiger partial charge in [-0.3, -0.25) is 19.3 Å². The molecule has 0 spiro atoms. The number of carbonyl (C=O) groups is 3. The lowest BCUT2D eigenvalue weighted by Gasteiger charge is -2.19. The van der Waals surface area contributed by atoms with Gasteiger partial charge in [-0.25, -0.2) is 0 Å². The van der Waals surface area contributed by atoms with Gasteiger partial charge >= 0.3 is 0 Å². The van der Waals surface area contributed by atoms with Crippen LogP contribution in [0, 0.1) is 37.5 Å². The molecule has 3 aliphatic rings. The fourth-order valence-electron chi connectivity index (χ4n) is 4.79. The summed E-state index contributed by atoms with van der Waals surface area (Å²) in [4.78, 5) is 38.7. The molecule has 5 nitrogen and oxygen atoms in total. The molecule has 3 amide bonds. The van der Waals surface area contributed by atoms with Gasteiger partial charge in [-0.15, -0.1) is 0 Å². The number of hydrogen-bond donors (Lipinski definition) is 1. The maximum Gasteiger partial charge on any atom is 0.244 e. The first-order chi connectivity index (χ1) is 11.5. The molecule has 3 fully saturated rings. The van der Waals surface area contributed by atoms with Crippen LogP contribution < -0.4 is 5.32 Å². The maximum absolute atomic E-state index is 12.6. The number of carbonyl (C=O) groups excluding carboxylic acids is 3. The number of rotatable bonds is 3. The van der Waals surface area contributed by atoms with Crippen molar-refractivity contribution < 1.29 is 14.4 Å². The summed E-state index contributed by atoms with van der Waals surface area (Å²) < 4.78 is 0. The molecule has 1 saturated heterocycles. The number of likely N-dealkylation sites (tertiary alicyclic amines) is 1. The van der Waals surface area contributed by atoms with E-state index >= 15 is 0 Å². The lowest BCUT2D eigenvalue weighted by atomic mass is 9.81. The van der Waals surface area contributed by atoms with Crippen molar-refractivity contribution in [2.45, 2.75) is 33.1 Å². The highest BCUT2D eigenvalue weighted by Gasteiger charge is 2.60. The van der Waals surface area contributed by atoms with Crippen LogP contribution in [0.15, 0.2) is 18.2 Å². The number of nitrogens with one attached hydrogen (secondary N) is 1. The standard InChI is InChI=1S/C19H22N2O3/c1-10-3-6-14(7-11(10)2)20-15(22)9-21-18(23)16-12-4-5-13(8-12)17(16)19(21)24/h3,6-7,12-13,16-17H,4-5,8-9H2,1-2H3,(H,20,22)/t12-,13-,16-,17+/m0/s1. The summed E-state index contributed by atoms with van der Waals surface area (Å²) in [5, 5.41) is 2.80. The van der Waals surface area contributed by atoms with Gasteiger partial charge in [-0.05, 0) is 68.2 Å². The molecule has 2 aliphatic carbocycles. The van der Waals surface area contributed by atoms with Crippen molar-refractivity contribution >= 4 is 23.4 Å².